The van der Waals surface area contributed by atoms with Gasteiger partial charge < -0.3 is 4.42 Å². The number of fused-ring (bicyclic) bond motifs is 6. The zero-order chi connectivity index (χ0) is 33.4. The third-order valence-corrected chi connectivity index (χ3v) is 7.96. The molecule has 3 aromatic heterocycles. The summed E-state index contributed by atoms with van der Waals surface area (Å²) in [6.07, 6.45) is 0. The van der Waals surface area contributed by atoms with Crippen LogP contribution in [0.4, 0.5) is 0 Å². The Balaban J connectivity index is 1.27. The highest BCUT2D eigenvalue weighted by atomic mass is 16.3. The van der Waals surface area contributed by atoms with Gasteiger partial charge in [-0.3, -0.25) is 4.57 Å². The van der Waals surface area contributed by atoms with Gasteiger partial charge in [0.25, 0.3) is 0 Å². The van der Waals surface area contributed by atoms with Crippen molar-refractivity contribution in [3.8, 4) is 39.9 Å². The van der Waals surface area contributed by atoms with Crippen molar-refractivity contribution in [3.63, 3.8) is 0 Å². The van der Waals surface area contributed by atoms with E-state index in [1.165, 1.54) is 0 Å². The Morgan fingerprint density at radius 2 is 1.18 bits per heavy atom. The van der Waals surface area contributed by atoms with E-state index in [1.807, 2.05) is 78.9 Å². The molecule has 0 atom stereocenters. The quantitative estimate of drug-likeness (QED) is 0.212. The molecule has 0 unspecified atom stereocenters. The first kappa shape index (κ1) is 19.9. The molecule has 9 rings (SSSR count). The van der Waals surface area contributed by atoms with Crippen LogP contribution in [0.3, 0.4) is 0 Å². The number of aromatic nitrogens is 4. The van der Waals surface area contributed by atoms with E-state index in [-0.39, 0.29) is 17.6 Å². The Morgan fingerprint density at radius 3 is 1.93 bits per heavy atom. The topological polar surface area (TPSA) is 56.7 Å². The van der Waals surface area contributed by atoms with Crippen LogP contribution < -0.4 is 0 Å². The number of hydrogen-bond acceptors (Lipinski definition) is 4. The molecular weight excluding hydrogens is 540 g/mol. The van der Waals surface area contributed by atoms with Crippen LogP contribution >= 0.6 is 0 Å². The summed E-state index contributed by atoms with van der Waals surface area (Å²) >= 11 is 0. The van der Waals surface area contributed by atoms with E-state index in [4.69, 9.17) is 26.2 Å². The van der Waals surface area contributed by atoms with Gasteiger partial charge in [-0.25, -0.2) is 4.98 Å². The van der Waals surface area contributed by atoms with Gasteiger partial charge in [0.2, 0.25) is 5.95 Å². The molecule has 0 bridgehead atoms. The van der Waals surface area contributed by atoms with E-state index in [9.17, 15) is 0 Å². The largest absolute Gasteiger partial charge is 0.455 e. The van der Waals surface area contributed by atoms with Gasteiger partial charge in [-0.1, -0.05) is 121 Å². The highest BCUT2D eigenvalue weighted by Crippen LogP contribution is 2.38. The minimum Gasteiger partial charge on any atom is -0.455 e. The number of benzene rings is 6. The van der Waals surface area contributed by atoms with E-state index in [0.29, 0.717) is 39.9 Å². The SMILES string of the molecule is [2H]c1c([2H])c([2H])c(-c2cccc3c2oc2cc(-c4nc(-c5ccccc5)nc(-n5c6ccccc6c6ccccc65)n4)ccc23)c([2H])c1[2H]. The molecular formula is C39H24N4O. The van der Waals surface area contributed by atoms with Crippen molar-refractivity contribution < 1.29 is 11.3 Å². The van der Waals surface area contributed by atoms with Crippen LogP contribution in [-0.2, 0) is 0 Å². The number of para-hydroxylation sites is 3. The van der Waals surface area contributed by atoms with Crippen molar-refractivity contribution in [2.45, 2.75) is 0 Å². The van der Waals surface area contributed by atoms with Gasteiger partial charge in [0.15, 0.2) is 11.6 Å². The second-order valence-corrected chi connectivity index (χ2v) is 10.5. The summed E-state index contributed by atoms with van der Waals surface area (Å²) in [6.45, 7) is 0. The molecule has 3 heterocycles. The van der Waals surface area contributed by atoms with Crippen LogP contribution in [0.25, 0.3) is 83.6 Å². The molecule has 0 amide bonds. The highest BCUT2D eigenvalue weighted by molar-refractivity contribution is 6.10. The second-order valence-electron chi connectivity index (χ2n) is 10.5. The first-order valence-electron chi connectivity index (χ1n) is 16.7. The Hall–Kier alpha value is -6.07. The van der Waals surface area contributed by atoms with Gasteiger partial charge in [0.05, 0.1) is 17.9 Å². The zero-order valence-electron chi connectivity index (χ0n) is 28.2. The van der Waals surface area contributed by atoms with Crippen LogP contribution in [0.15, 0.2) is 150 Å². The summed E-state index contributed by atoms with van der Waals surface area (Å²) in [5, 5.41) is 3.77. The van der Waals surface area contributed by atoms with Crippen LogP contribution in [0, 0.1) is 0 Å². The third-order valence-electron chi connectivity index (χ3n) is 7.96. The molecule has 6 aromatic carbocycles. The monoisotopic (exact) mass is 569 g/mol. The van der Waals surface area contributed by atoms with Crippen molar-refractivity contribution in [2.24, 2.45) is 0 Å². The average molecular weight is 570 g/mol. The predicted molar refractivity (Wildman–Crippen MR) is 178 cm³/mol. The lowest BCUT2D eigenvalue weighted by Gasteiger charge is -2.10. The van der Waals surface area contributed by atoms with Crippen molar-refractivity contribution in [1.82, 2.24) is 19.5 Å². The molecule has 206 valence electrons. The van der Waals surface area contributed by atoms with Crippen molar-refractivity contribution in [3.05, 3.63) is 145 Å². The lowest BCUT2D eigenvalue weighted by molar-refractivity contribution is 0.670. The van der Waals surface area contributed by atoms with Gasteiger partial charge in [0.1, 0.15) is 11.2 Å². The maximum Gasteiger partial charge on any atom is 0.238 e. The molecule has 0 saturated carbocycles. The maximum absolute atomic E-state index is 8.56. The minimum absolute atomic E-state index is 0.0941. The predicted octanol–water partition coefficient (Wildman–Crippen LogP) is 9.87. The first-order chi connectivity index (χ1) is 23.9. The van der Waals surface area contributed by atoms with Gasteiger partial charge in [-0.05, 0) is 29.8 Å². The van der Waals surface area contributed by atoms with Crippen LogP contribution in [0.5, 0.6) is 0 Å². The maximum atomic E-state index is 8.56. The van der Waals surface area contributed by atoms with Gasteiger partial charge in [0, 0.05) is 38.2 Å². The number of rotatable bonds is 4. The third kappa shape index (κ3) is 3.83. The first-order valence-corrected chi connectivity index (χ1v) is 14.2. The van der Waals surface area contributed by atoms with E-state index >= 15 is 0 Å². The van der Waals surface area contributed by atoms with Crippen molar-refractivity contribution in [1.29, 1.82) is 0 Å². The van der Waals surface area contributed by atoms with Crippen LogP contribution in [0.1, 0.15) is 6.85 Å². The molecule has 5 heteroatoms. The van der Waals surface area contributed by atoms with Crippen LogP contribution in [-0.4, -0.2) is 19.5 Å². The summed E-state index contributed by atoms with van der Waals surface area (Å²) in [6, 6.07) is 35.6. The molecule has 0 spiro atoms. The van der Waals surface area contributed by atoms with E-state index in [0.717, 1.165) is 38.1 Å². The number of hydrogen-bond donors (Lipinski definition) is 0. The fourth-order valence-corrected chi connectivity index (χ4v) is 5.97. The minimum atomic E-state index is -0.437. The molecule has 0 aliphatic rings. The van der Waals surface area contributed by atoms with Gasteiger partial charge in [-0.2, -0.15) is 9.97 Å². The molecule has 0 aliphatic carbocycles. The van der Waals surface area contributed by atoms with Crippen LogP contribution in [0.2, 0.25) is 0 Å². The Morgan fingerprint density at radius 1 is 0.523 bits per heavy atom. The Bertz CT molecular complexity index is 2710. The molecule has 5 nitrogen and oxygen atoms in total. The Kier molecular flexibility index (Phi) is 4.42. The smallest absolute Gasteiger partial charge is 0.238 e. The average Bonchev–Trinajstić information content (AvgIpc) is 3.69. The number of nitrogens with zero attached hydrogens (tertiary/aromatic N) is 4. The fraction of sp³-hybridized carbons (Fsp3) is 0. The van der Waals surface area contributed by atoms with Crippen molar-refractivity contribution in [2.75, 3.05) is 0 Å². The molecule has 0 fully saturated rings. The molecule has 0 N–H and O–H groups in total. The summed E-state index contributed by atoms with van der Waals surface area (Å²) < 4.78 is 50.1. The normalized spacial score (nSPS) is 13.2. The van der Waals surface area contributed by atoms with E-state index < -0.39 is 18.1 Å². The zero-order valence-corrected chi connectivity index (χ0v) is 23.2. The second kappa shape index (κ2) is 9.75. The summed E-state index contributed by atoms with van der Waals surface area (Å²) in [5.41, 5.74) is 5.01. The van der Waals surface area contributed by atoms with E-state index in [2.05, 4.69) is 28.8 Å². The molecule has 0 aliphatic heterocycles. The van der Waals surface area contributed by atoms with Gasteiger partial charge in [-0.15, -0.1) is 0 Å². The highest BCUT2D eigenvalue weighted by Gasteiger charge is 2.19. The summed E-state index contributed by atoms with van der Waals surface area (Å²) in [4.78, 5) is 15.0. The lowest BCUT2D eigenvalue weighted by Crippen LogP contribution is -2.06. The van der Waals surface area contributed by atoms with E-state index in [1.54, 1.807) is 12.1 Å². The molecule has 0 radical (unpaired) electrons. The summed E-state index contributed by atoms with van der Waals surface area (Å²) in [5.74, 6) is 1.46. The Labute approximate surface area is 259 Å². The molecule has 9 aromatic rings. The van der Waals surface area contributed by atoms with Gasteiger partial charge >= 0.3 is 0 Å². The lowest BCUT2D eigenvalue weighted by atomic mass is 10.0. The van der Waals surface area contributed by atoms with Crippen molar-refractivity contribution >= 4 is 43.7 Å². The standard InChI is InChI=1S/C39H24N4O/c1-3-12-25(13-4-1)28-18-11-19-32-31-23-22-27(24-35(31)44-36(28)32)38-40-37(26-14-5-2-6-15-26)41-39(42-38)43-33-20-9-7-16-29(33)30-17-8-10-21-34(30)43/h1-24H/i1D,3D,4D,12D,13D. The number of furan rings is 1. The molecule has 44 heavy (non-hydrogen) atoms. The molecule has 0 saturated heterocycles. The fourth-order valence-electron chi connectivity index (χ4n) is 5.97. The summed E-state index contributed by atoms with van der Waals surface area (Å²) in [7, 11) is 0.